The smallest absolute Gasteiger partial charge is 0.147 e. The third-order valence-corrected chi connectivity index (χ3v) is 3.83. The van der Waals surface area contributed by atoms with Crippen LogP contribution in [0.5, 0.6) is 0 Å². The molecular formula is C12H27NO2S. The molecule has 0 spiro atoms. The zero-order valence-corrected chi connectivity index (χ0v) is 11.9. The molecule has 4 heteroatoms. The van der Waals surface area contributed by atoms with E-state index in [1.165, 1.54) is 6.26 Å². The van der Waals surface area contributed by atoms with Crippen molar-refractivity contribution in [1.29, 1.82) is 0 Å². The summed E-state index contributed by atoms with van der Waals surface area (Å²) in [5.41, 5.74) is 0. The van der Waals surface area contributed by atoms with Crippen LogP contribution >= 0.6 is 0 Å². The Morgan fingerprint density at radius 2 is 1.75 bits per heavy atom. The summed E-state index contributed by atoms with van der Waals surface area (Å²) in [6, 6.07) is 0.572. The number of sulfone groups is 1. The van der Waals surface area contributed by atoms with E-state index in [1.54, 1.807) is 0 Å². The van der Waals surface area contributed by atoms with Crippen molar-refractivity contribution in [1.82, 2.24) is 5.32 Å². The van der Waals surface area contributed by atoms with Gasteiger partial charge in [0, 0.05) is 18.1 Å². The van der Waals surface area contributed by atoms with Crippen molar-refractivity contribution < 1.29 is 8.42 Å². The number of hydrogen-bond donors (Lipinski definition) is 1. The van der Waals surface area contributed by atoms with E-state index < -0.39 is 9.84 Å². The lowest BCUT2D eigenvalue weighted by Gasteiger charge is -2.21. The van der Waals surface area contributed by atoms with Gasteiger partial charge < -0.3 is 5.32 Å². The second-order valence-electron chi connectivity index (χ2n) is 4.89. The molecule has 0 aliphatic heterocycles. The molecule has 0 heterocycles. The molecule has 0 saturated heterocycles. The van der Waals surface area contributed by atoms with Crippen LogP contribution in [0.2, 0.25) is 0 Å². The molecule has 0 radical (unpaired) electrons. The number of rotatable bonds is 9. The molecule has 1 N–H and O–H groups in total. The summed E-state index contributed by atoms with van der Waals surface area (Å²) in [7, 11) is -2.77. The third-order valence-electron chi connectivity index (χ3n) is 2.80. The Labute approximate surface area is 101 Å². The van der Waals surface area contributed by atoms with Gasteiger partial charge in [-0.1, -0.05) is 33.6 Å². The van der Waals surface area contributed by atoms with Crippen LogP contribution in [-0.4, -0.2) is 33.0 Å². The van der Waals surface area contributed by atoms with Gasteiger partial charge in [-0.3, -0.25) is 0 Å². The van der Waals surface area contributed by atoms with Gasteiger partial charge in [0.1, 0.15) is 9.84 Å². The molecule has 0 aromatic rings. The maximum atomic E-state index is 10.9. The molecule has 1 unspecified atom stereocenters. The van der Waals surface area contributed by atoms with Gasteiger partial charge in [0.2, 0.25) is 0 Å². The molecule has 0 fully saturated rings. The van der Waals surface area contributed by atoms with Crippen molar-refractivity contribution in [3.05, 3.63) is 0 Å². The molecule has 1 atom stereocenters. The van der Waals surface area contributed by atoms with Crippen LogP contribution in [-0.2, 0) is 9.84 Å². The van der Waals surface area contributed by atoms with Gasteiger partial charge in [-0.25, -0.2) is 8.42 Å². The van der Waals surface area contributed by atoms with Crippen LogP contribution in [0.1, 0.15) is 46.5 Å². The fourth-order valence-corrected chi connectivity index (χ4v) is 2.57. The van der Waals surface area contributed by atoms with Crippen molar-refractivity contribution in [2.75, 3.05) is 18.6 Å². The second kappa shape index (κ2) is 8.07. The lowest BCUT2D eigenvalue weighted by Crippen LogP contribution is -2.33. The van der Waals surface area contributed by atoms with Gasteiger partial charge in [-0.2, -0.15) is 0 Å². The highest BCUT2D eigenvalue weighted by Crippen LogP contribution is 2.11. The molecule has 3 nitrogen and oxygen atoms in total. The predicted molar refractivity (Wildman–Crippen MR) is 70.5 cm³/mol. The van der Waals surface area contributed by atoms with Gasteiger partial charge >= 0.3 is 0 Å². The van der Waals surface area contributed by atoms with Crippen molar-refractivity contribution in [3.63, 3.8) is 0 Å². The minimum absolute atomic E-state index is 0.334. The fourth-order valence-electron chi connectivity index (χ4n) is 1.84. The van der Waals surface area contributed by atoms with E-state index in [2.05, 4.69) is 26.1 Å². The molecule has 0 aromatic heterocycles. The Morgan fingerprint density at radius 3 is 2.19 bits per heavy atom. The largest absolute Gasteiger partial charge is 0.314 e. The maximum absolute atomic E-state index is 10.9. The SMILES string of the molecule is CCNC(CCCCCS(C)(=O)=O)C(C)C. The zero-order valence-electron chi connectivity index (χ0n) is 11.1. The lowest BCUT2D eigenvalue weighted by atomic mass is 9.98. The van der Waals surface area contributed by atoms with E-state index in [0.29, 0.717) is 17.7 Å². The molecule has 0 saturated carbocycles. The average Bonchev–Trinajstić information content (AvgIpc) is 2.13. The van der Waals surface area contributed by atoms with E-state index in [-0.39, 0.29) is 0 Å². The minimum Gasteiger partial charge on any atom is -0.314 e. The van der Waals surface area contributed by atoms with Crippen molar-refractivity contribution in [2.45, 2.75) is 52.5 Å². The summed E-state index contributed by atoms with van der Waals surface area (Å²) in [6.07, 6.45) is 5.39. The second-order valence-corrected chi connectivity index (χ2v) is 7.15. The monoisotopic (exact) mass is 249 g/mol. The van der Waals surface area contributed by atoms with Gasteiger partial charge in [-0.05, 0) is 25.3 Å². The summed E-state index contributed by atoms with van der Waals surface area (Å²) in [5, 5.41) is 3.47. The maximum Gasteiger partial charge on any atom is 0.147 e. The van der Waals surface area contributed by atoms with E-state index in [1.807, 2.05) is 0 Å². The van der Waals surface area contributed by atoms with Crippen LogP contribution < -0.4 is 5.32 Å². The van der Waals surface area contributed by atoms with Crippen LogP contribution in [0.25, 0.3) is 0 Å². The van der Waals surface area contributed by atoms with Gasteiger partial charge in [0.05, 0.1) is 0 Å². The highest BCUT2D eigenvalue weighted by molar-refractivity contribution is 7.90. The molecule has 0 bridgehead atoms. The van der Waals surface area contributed by atoms with Gasteiger partial charge in [0.15, 0.2) is 0 Å². The molecule has 98 valence electrons. The Bertz CT molecular complexity index is 260. The van der Waals surface area contributed by atoms with E-state index in [0.717, 1.165) is 32.2 Å². The van der Waals surface area contributed by atoms with Crippen molar-refractivity contribution in [2.24, 2.45) is 5.92 Å². The minimum atomic E-state index is -2.77. The Balaban J connectivity index is 3.63. The van der Waals surface area contributed by atoms with Crippen LogP contribution in [0, 0.1) is 5.92 Å². The molecule has 0 rings (SSSR count). The molecule has 0 aromatic carbocycles. The quantitative estimate of drug-likeness (QED) is 0.637. The van der Waals surface area contributed by atoms with Gasteiger partial charge in [-0.15, -0.1) is 0 Å². The van der Waals surface area contributed by atoms with Crippen LogP contribution in [0.15, 0.2) is 0 Å². The van der Waals surface area contributed by atoms with E-state index >= 15 is 0 Å². The highest BCUT2D eigenvalue weighted by Gasteiger charge is 2.11. The van der Waals surface area contributed by atoms with Crippen LogP contribution in [0.3, 0.4) is 0 Å². The number of hydrogen-bond acceptors (Lipinski definition) is 3. The fraction of sp³-hybridized carbons (Fsp3) is 1.00. The Hall–Kier alpha value is -0.0900. The van der Waals surface area contributed by atoms with Crippen molar-refractivity contribution in [3.8, 4) is 0 Å². The molecule has 0 aliphatic carbocycles. The average molecular weight is 249 g/mol. The first-order valence-corrected chi connectivity index (χ1v) is 8.34. The third kappa shape index (κ3) is 9.16. The first kappa shape index (κ1) is 15.9. The summed E-state index contributed by atoms with van der Waals surface area (Å²) in [5.74, 6) is 0.982. The lowest BCUT2D eigenvalue weighted by molar-refractivity contribution is 0.373. The Kier molecular flexibility index (Phi) is 8.02. The summed E-state index contributed by atoms with van der Waals surface area (Å²) >= 11 is 0. The van der Waals surface area contributed by atoms with Crippen LogP contribution in [0.4, 0.5) is 0 Å². The summed E-state index contributed by atoms with van der Waals surface area (Å²) in [6.45, 7) is 7.58. The molecule has 0 amide bonds. The standard InChI is InChI=1S/C12H27NO2S/c1-5-13-12(11(2)3)9-7-6-8-10-16(4,14)15/h11-13H,5-10H2,1-4H3. The first-order valence-electron chi connectivity index (χ1n) is 6.28. The highest BCUT2D eigenvalue weighted by atomic mass is 32.2. The first-order chi connectivity index (χ1) is 7.37. The number of unbranched alkanes of at least 4 members (excludes halogenated alkanes) is 2. The summed E-state index contributed by atoms with van der Waals surface area (Å²) < 4.78 is 21.9. The Morgan fingerprint density at radius 1 is 1.12 bits per heavy atom. The predicted octanol–water partition coefficient (Wildman–Crippen LogP) is 2.23. The van der Waals surface area contributed by atoms with Crippen molar-refractivity contribution >= 4 is 9.84 Å². The van der Waals surface area contributed by atoms with Gasteiger partial charge in [0.25, 0.3) is 0 Å². The molecular weight excluding hydrogens is 222 g/mol. The normalized spacial score (nSPS) is 14.3. The summed E-state index contributed by atoms with van der Waals surface area (Å²) in [4.78, 5) is 0. The zero-order chi connectivity index (χ0) is 12.6. The van der Waals surface area contributed by atoms with E-state index in [4.69, 9.17) is 0 Å². The molecule has 16 heavy (non-hydrogen) atoms. The topological polar surface area (TPSA) is 46.2 Å². The molecule has 0 aliphatic rings. The van der Waals surface area contributed by atoms with E-state index in [9.17, 15) is 8.42 Å². The number of nitrogens with one attached hydrogen (secondary N) is 1.